The molecule has 0 aromatic carbocycles. The topological polar surface area (TPSA) is 180 Å². The number of hydrogen-bond acceptors (Lipinski definition) is 10. The van der Waals surface area contributed by atoms with E-state index < -0.39 is 76.3 Å². The van der Waals surface area contributed by atoms with E-state index in [1.807, 2.05) is 0 Å². The third-order valence-corrected chi connectivity index (χ3v) is 2.90. The summed E-state index contributed by atoms with van der Waals surface area (Å²) in [7, 11) is 0. The van der Waals surface area contributed by atoms with Gasteiger partial charge in [-0.3, -0.25) is 0 Å². The third kappa shape index (κ3) is 7.74. The average molecular weight is 330 g/mol. The number of aliphatic hydroxyl groups is 8. The number of ether oxygens (including phenoxy) is 2. The molecule has 5 unspecified atom stereocenters. The zero-order valence-electron chi connectivity index (χ0n) is 12.1. The van der Waals surface area contributed by atoms with E-state index in [0.29, 0.717) is 0 Å². The lowest BCUT2D eigenvalue weighted by Crippen LogP contribution is -2.50. The molecular formula is C12H26O10. The molecule has 0 fully saturated rings. The van der Waals surface area contributed by atoms with Crippen LogP contribution in [0, 0.1) is 0 Å². The van der Waals surface area contributed by atoms with Crippen molar-refractivity contribution in [2.75, 3.05) is 39.6 Å². The van der Waals surface area contributed by atoms with Gasteiger partial charge in [0.1, 0.15) is 36.6 Å². The Morgan fingerprint density at radius 3 is 1.68 bits per heavy atom. The second-order valence-electron chi connectivity index (χ2n) is 4.76. The Morgan fingerprint density at radius 1 is 0.636 bits per heavy atom. The van der Waals surface area contributed by atoms with E-state index in [4.69, 9.17) is 29.9 Å². The monoisotopic (exact) mass is 330 g/mol. The van der Waals surface area contributed by atoms with Gasteiger partial charge < -0.3 is 50.3 Å². The fourth-order valence-electron chi connectivity index (χ4n) is 1.53. The highest BCUT2D eigenvalue weighted by Gasteiger charge is 2.33. The molecule has 8 N–H and O–H groups in total. The predicted molar refractivity (Wildman–Crippen MR) is 71.9 cm³/mol. The third-order valence-electron chi connectivity index (χ3n) is 2.90. The van der Waals surface area contributed by atoms with Crippen LogP contribution in [0.2, 0.25) is 0 Å². The van der Waals surface area contributed by atoms with Gasteiger partial charge in [0.25, 0.3) is 0 Å². The van der Waals surface area contributed by atoms with Gasteiger partial charge in [-0.1, -0.05) is 0 Å². The Hall–Kier alpha value is -0.400. The van der Waals surface area contributed by atoms with Crippen LogP contribution < -0.4 is 0 Å². The van der Waals surface area contributed by atoms with E-state index in [0.717, 1.165) is 0 Å². The van der Waals surface area contributed by atoms with Gasteiger partial charge in [-0.15, -0.1) is 0 Å². The minimum Gasteiger partial charge on any atom is -0.394 e. The number of rotatable bonds is 13. The van der Waals surface area contributed by atoms with Crippen molar-refractivity contribution in [3.63, 3.8) is 0 Å². The molecule has 0 aliphatic rings. The molecular weight excluding hydrogens is 304 g/mol. The largest absolute Gasteiger partial charge is 0.394 e. The van der Waals surface area contributed by atoms with Crippen LogP contribution >= 0.6 is 0 Å². The molecule has 0 aliphatic carbocycles. The van der Waals surface area contributed by atoms with E-state index in [2.05, 4.69) is 0 Å². The summed E-state index contributed by atoms with van der Waals surface area (Å²) in [4.78, 5) is 0. The van der Waals surface area contributed by atoms with E-state index in [9.17, 15) is 20.4 Å². The van der Waals surface area contributed by atoms with Crippen LogP contribution in [0.3, 0.4) is 0 Å². The highest BCUT2D eigenvalue weighted by atomic mass is 16.5. The highest BCUT2D eigenvalue weighted by molar-refractivity contribution is 4.83. The molecule has 0 bridgehead atoms. The van der Waals surface area contributed by atoms with Gasteiger partial charge >= 0.3 is 0 Å². The molecule has 0 aliphatic heterocycles. The fraction of sp³-hybridized carbons (Fsp3) is 1.00. The molecule has 0 saturated carbocycles. The normalized spacial score (nSPS) is 19.0. The summed E-state index contributed by atoms with van der Waals surface area (Å²) in [6.07, 6.45) is -8.37. The minimum absolute atomic E-state index is 0.432. The number of hydrogen-bond donors (Lipinski definition) is 8. The second kappa shape index (κ2) is 12.1. The summed E-state index contributed by atoms with van der Waals surface area (Å²) < 4.78 is 9.94. The van der Waals surface area contributed by atoms with Gasteiger partial charge in [-0.05, 0) is 0 Å². The van der Waals surface area contributed by atoms with E-state index in [1.165, 1.54) is 0 Å². The molecule has 0 saturated heterocycles. The first-order valence-electron chi connectivity index (χ1n) is 6.80. The average Bonchev–Trinajstić information content (AvgIpc) is 2.54. The van der Waals surface area contributed by atoms with Crippen molar-refractivity contribution in [3.05, 3.63) is 0 Å². The highest BCUT2D eigenvalue weighted by Crippen LogP contribution is 2.11. The van der Waals surface area contributed by atoms with Crippen LogP contribution in [0.4, 0.5) is 0 Å². The van der Waals surface area contributed by atoms with Gasteiger partial charge in [0, 0.05) is 0 Å². The van der Waals surface area contributed by atoms with Gasteiger partial charge in [-0.2, -0.15) is 0 Å². The van der Waals surface area contributed by atoms with Crippen molar-refractivity contribution >= 4 is 0 Å². The fourth-order valence-corrected chi connectivity index (χ4v) is 1.53. The Kier molecular flexibility index (Phi) is 11.9. The molecule has 0 spiro atoms. The molecule has 134 valence electrons. The van der Waals surface area contributed by atoms with E-state index in [-0.39, 0.29) is 0 Å². The minimum atomic E-state index is -1.67. The zero-order chi connectivity index (χ0) is 17.1. The van der Waals surface area contributed by atoms with Crippen molar-refractivity contribution in [2.24, 2.45) is 0 Å². The van der Waals surface area contributed by atoms with Crippen molar-refractivity contribution in [1.29, 1.82) is 0 Å². The summed E-state index contributed by atoms with van der Waals surface area (Å²) in [5.41, 5.74) is 0. The summed E-state index contributed by atoms with van der Waals surface area (Å²) in [5.74, 6) is 0. The summed E-state index contributed by atoms with van der Waals surface area (Å²) in [6.45, 7) is -3.23. The lowest BCUT2D eigenvalue weighted by molar-refractivity contribution is -0.169. The quantitative estimate of drug-likeness (QED) is 0.163. The summed E-state index contributed by atoms with van der Waals surface area (Å²) >= 11 is 0. The maximum absolute atomic E-state index is 9.93. The molecule has 0 heterocycles. The van der Waals surface area contributed by atoms with Gasteiger partial charge in [0.2, 0.25) is 0 Å². The predicted octanol–water partition coefficient (Wildman–Crippen LogP) is -4.83. The SMILES string of the molecule is OCC(O)COC(C(O)CO)C(O)C(O)COC(CO)CO. The number of aliphatic hydroxyl groups excluding tert-OH is 8. The second-order valence-corrected chi connectivity index (χ2v) is 4.76. The van der Waals surface area contributed by atoms with Crippen LogP contribution in [-0.2, 0) is 9.47 Å². The molecule has 10 nitrogen and oxygen atoms in total. The molecule has 0 aromatic rings. The maximum Gasteiger partial charge on any atom is 0.114 e. The van der Waals surface area contributed by atoms with Crippen LogP contribution in [0.15, 0.2) is 0 Å². The molecule has 0 amide bonds. The van der Waals surface area contributed by atoms with Gasteiger partial charge in [0.15, 0.2) is 0 Å². The van der Waals surface area contributed by atoms with Crippen molar-refractivity contribution in [1.82, 2.24) is 0 Å². The standard InChI is InChI=1S/C12H26O10/c13-1-7(17)5-22-12(9(18)4-16)11(20)10(19)6-21-8(2-14)3-15/h7-20H,1-6H2. The molecule has 22 heavy (non-hydrogen) atoms. The summed E-state index contributed by atoms with van der Waals surface area (Å²) in [5, 5.41) is 73.7. The molecule has 0 radical (unpaired) electrons. The molecule has 0 rings (SSSR count). The summed E-state index contributed by atoms with van der Waals surface area (Å²) in [6, 6.07) is 0. The Bertz CT molecular complexity index is 262. The smallest absolute Gasteiger partial charge is 0.114 e. The Balaban J connectivity index is 4.55. The van der Waals surface area contributed by atoms with Crippen LogP contribution in [0.25, 0.3) is 0 Å². The van der Waals surface area contributed by atoms with Gasteiger partial charge in [0.05, 0.1) is 39.6 Å². The lowest BCUT2D eigenvalue weighted by Gasteiger charge is -2.30. The van der Waals surface area contributed by atoms with Crippen molar-refractivity contribution < 1.29 is 50.3 Å². The van der Waals surface area contributed by atoms with Crippen LogP contribution in [-0.4, -0.2) is 117 Å². The lowest BCUT2D eigenvalue weighted by atomic mass is 10.0. The van der Waals surface area contributed by atoms with E-state index in [1.54, 1.807) is 0 Å². The molecule has 0 aromatic heterocycles. The first-order chi connectivity index (χ1) is 10.4. The van der Waals surface area contributed by atoms with Crippen molar-refractivity contribution in [3.8, 4) is 0 Å². The first kappa shape index (κ1) is 21.6. The van der Waals surface area contributed by atoms with Gasteiger partial charge in [-0.25, -0.2) is 0 Å². The Labute approximate surface area is 127 Å². The first-order valence-corrected chi connectivity index (χ1v) is 6.80. The maximum atomic E-state index is 9.93. The van der Waals surface area contributed by atoms with Crippen molar-refractivity contribution in [2.45, 2.75) is 36.6 Å². The molecule has 10 heteroatoms. The zero-order valence-corrected chi connectivity index (χ0v) is 12.1. The van der Waals surface area contributed by atoms with Crippen LogP contribution in [0.1, 0.15) is 0 Å². The Morgan fingerprint density at radius 2 is 1.23 bits per heavy atom. The van der Waals surface area contributed by atoms with E-state index >= 15 is 0 Å². The van der Waals surface area contributed by atoms with Crippen LogP contribution in [0.5, 0.6) is 0 Å². The molecule has 5 atom stereocenters.